The summed E-state index contributed by atoms with van der Waals surface area (Å²) in [5, 5.41) is 0.954. The molecule has 1 fully saturated rings. The number of amides is 1. The number of benzene rings is 2. The highest BCUT2D eigenvalue weighted by molar-refractivity contribution is 6.31. The summed E-state index contributed by atoms with van der Waals surface area (Å²) in [4.78, 5) is 29.5. The van der Waals surface area contributed by atoms with Crippen LogP contribution in [0.3, 0.4) is 0 Å². The number of aryl methyl sites for hydroxylation is 1. The lowest BCUT2D eigenvalue weighted by Crippen LogP contribution is -2.55. The Kier molecular flexibility index (Phi) is 4.96. The van der Waals surface area contributed by atoms with E-state index in [1.54, 1.807) is 18.2 Å². The van der Waals surface area contributed by atoms with Gasteiger partial charge in [-0.05, 0) is 43.7 Å². The molecule has 2 aromatic carbocycles. The fraction of sp³-hybridized carbons (Fsp3) is 0.273. The molecule has 28 heavy (non-hydrogen) atoms. The molecule has 1 amide bonds. The van der Waals surface area contributed by atoms with Crippen molar-refractivity contribution < 1.29 is 9.21 Å². The van der Waals surface area contributed by atoms with E-state index in [-0.39, 0.29) is 23.9 Å². The number of rotatable bonds is 3. The maximum absolute atomic E-state index is 12.9. The first-order valence-corrected chi connectivity index (χ1v) is 9.62. The molecule has 0 bridgehead atoms. The van der Waals surface area contributed by atoms with Crippen LogP contribution in [0.1, 0.15) is 18.1 Å². The van der Waals surface area contributed by atoms with Gasteiger partial charge in [-0.15, -0.1) is 0 Å². The molecule has 0 spiro atoms. The number of hydrogen-bond donors (Lipinski definition) is 0. The Bertz CT molecular complexity index is 1110. The first kappa shape index (κ1) is 18.7. The van der Waals surface area contributed by atoms with Crippen LogP contribution < -0.4 is 10.3 Å². The smallest absolute Gasteiger partial charge is 0.241 e. The summed E-state index contributed by atoms with van der Waals surface area (Å²) >= 11 is 6.02. The SMILES string of the molecule is Cc1ccccc1N1C(=O)CN(Cc2coc3ccc(Cl)cc3c2=O)C[C@@H]1C. The van der Waals surface area contributed by atoms with Crippen molar-refractivity contribution in [2.75, 3.05) is 18.0 Å². The normalized spacial score (nSPS) is 18.0. The maximum Gasteiger partial charge on any atom is 0.241 e. The Morgan fingerprint density at radius 1 is 1.18 bits per heavy atom. The van der Waals surface area contributed by atoms with Crippen molar-refractivity contribution in [2.45, 2.75) is 26.4 Å². The molecule has 0 unspecified atom stereocenters. The molecule has 0 radical (unpaired) electrons. The molecule has 1 aromatic heterocycles. The molecule has 1 aliphatic heterocycles. The van der Waals surface area contributed by atoms with E-state index < -0.39 is 0 Å². The van der Waals surface area contributed by atoms with E-state index in [0.29, 0.717) is 34.6 Å². The first-order chi connectivity index (χ1) is 13.4. The third-order valence-corrected chi connectivity index (χ3v) is 5.40. The number of anilines is 1. The minimum absolute atomic E-state index is 0.00397. The van der Waals surface area contributed by atoms with Crippen LogP contribution in [0, 0.1) is 6.92 Å². The third-order valence-electron chi connectivity index (χ3n) is 5.17. The summed E-state index contributed by atoms with van der Waals surface area (Å²) in [7, 11) is 0. The van der Waals surface area contributed by atoms with Crippen LogP contribution in [0.15, 0.2) is 57.9 Å². The van der Waals surface area contributed by atoms with Gasteiger partial charge < -0.3 is 9.32 Å². The summed E-state index contributed by atoms with van der Waals surface area (Å²) in [5.41, 5.74) is 2.94. The van der Waals surface area contributed by atoms with Crippen molar-refractivity contribution in [1.29, 1.82) is 0 Å². The molecular weight excluding hydrogens is 376 g/mol. The Morgan fingerprint density at radius 2 is 1.96 bits per heavy atom. The van der Waals surface area contributed by atoms with Crippen molar-refractivity contribution in [3.05, 3.63) is 75.1 Å². The zero-order valence-electron chi connectivity index (χ0n) is 15.8. The second kappa shape index (κ2) is 7.41. The van der Waals surface area contributed by atoms with Gasteiger partial charge in [0.2, 0.25) is 5.91 Å². The van der Waals surface area contributed by atoms with Crippen LogP contribution in [0.25, 0.3) is 11.0 Å². The van der Waals surface area contributed by atoms with E-state index in [4.69, 9.17) is 16.0 Å². The van der Waals surface area contributed by atoms with Crippen LogP contribution in [0.2, 0.25) is 5.02 Å². The zero-order chi connectivity index (χ0) is 19.8. The summed E-state index contributed by atoms with van der Waals surface area (Å²) in [5.74, 6) is 0.0290. The number of piperazine rings is 1. The molecule has 0 aliphatic carbocycles. The second-order valence-corrected chi connectivity index (χ2v) is 7.74. The zero-order valence-corrected chi connectivity index (χ0v) is 16.6. The Morgan fingerprint density at radius 3 is 2.71 bits per heavy atom. The van der Waals surface area contributed by atoms with Gasteiger partial charge in [-0.2, -0.15) is 0 Å². The van der Waals surface area contributed by atoms with Gasteiger partial charge in [-0.1, -0.05) is 29.8 Å². The monoisotopic (exact) mass is 396 g/mol. The van der Waals surface area contributed by atoms with Crippen LogP contribution in [-0.4, -0.2) is 29.9 Å². The average Bonchev–Trinajstić information content (AvgIpc) is 2.65. The molecule has 4 rings (SSSR count). The number of halogens is 1. The molecule has 6 heteroatoms. The lowest BCUT2D eigenvalue weighted by atomic mass is 10.1. The second-order valence-electron chi connectivity index (χ2n) is 7.30. The summed E-state index contributed by atoms with van der Waals surface area (Å²) in [6.45, 7) is 5.33. The first-order valence-electron chi connectivity index (χ1n) is 9.24. The van der Waals surface area contributed by atoms with Gasteiger partial charge in [0.15, 0.2) is 5.43 Å². The quantitative estimate of drug-likeness (QED) is 0.671. The molecule has 5 nitrogen and oxygen atoms in total. The van der Waals surface area contributed by atoms with Crippen LogP contribution in [0.5, 0.6) is 0 Å². The highest BCUT2D eigenvalue weighted by Gasteiger charge is 2.31. The van der Waals surface area contributed by atoms with Crippen molar-refractivity contribution in [3.63, 3.8) is 0 Å². The molecule has 2 heterocycles. The van der Waals surface area contributed by atoms with E-state index >= 15 is 0 Å². The minimum Gasteiger partial charge on any atom is -0.464 e. The molecule has 3 aromatic rings. The van der Waals surface area contributed by atoms with Crippen molar-refractivity contribution in [3.8, 4) is 0 Å². The van der Waals surface area contributed by atoms with E-state index in [1.807, 2.05) is 47.9 Å². The summed E-state index contributed by atoms with van der Waals surface area (Å²) in [6, 6.07) is 12.9. The standard InChI is InChI=1S/C22H21ClN2O3/c1-14-5-3-4-6-19(14)25-15(2)10-24(12-21(25)26)11-16-13-28-20-8-7-17(23)9-18(20)22(16)27/h3-9,13,15H,10-12H2,1-2H3/t15-/m0/s1. The van der Waals surface area contributed by atoms with E-state index in [1.165, 1.54) is 6.26 Å². The molecule has 1 saturated heterocycles. The van der Waals surface area contributed by atoms with Crippen molar-refractivity contribution in [2.24, 2.45) is 0 Å². The molecular formula is C22H21ClN2O3. The summed E-state index contributed by atoms with van der Waals surface area (Å²) < 4.78 is 5.60. The number of carbonyl (C=O) groups excluding carboxylic acids is 1. The Labute approximate surface area is 168 Å². The van der Waals surface area contributed by atoms with Crippen LogP contribution >= 0.6 is 11.6 Å². The van der Waals surface area contributed by atoms with E-state index in [0.717, 1.165) is 11.3 Å². The lowest BCUT2D eigenvalue weighted by Gasteiger charge is -2.40. The fourth-order valence-corrected chi connectivity index (χ4v) is 4.02. The van der Waals surface area contributed by atoms with Gasteiger partial charge in [-0.3, -0.25) is 14.5 Å². The average molecular weight is 397 g/mol. The van der Waals surface area contributed by atoms with E-state index in [9.17, 15) is 9.59 Å². The predicted molar refractivity (Wildman–Crippen MR) is 111 cm³/mol. The predicted octanol–water partition coefficient (Wildman–Crippen LogP) is 3.99. The largest absolute Gasteiger partial charge is 0.464 e. The van der Waals surface area contributed by atoms with Gasteiger partial charge >= 0.3 is 0 Å². The fourth-order valence-electron chi connectivity index (χ4n) is 3.85. The van der Waals surface area contributed by atoms with Crippen LogP contribution in [-0.2, 0) is 11.3 Å². The number of para-hydroxylation sites is 1. The van der Waals surface area contributed by atoms with Gasteiger partial charge in [0, 0.05) is 35.4 Å². The topological polar surface area (TPSA) is 53.8 Å². The maximum atomic E-state index is 12.9. The Balaban J connectivity index is 1.57. The molecule has 1 atom stereocenters. The van der Waals surface area contributed by atoms with E-state index in [2.05, 4.69) is 0 Å². The molecule has 0 saturated carbocycles. The number of nitrogens with zero attached hydrogens (tertiary/aromatic N) is 2. The van der Waals surface area contributed by atoms with Gasteiger partial charge in [0.05, 0.1) is 18.2 Å². The highest BCUT2D eigenvalue weighted by Crippen LogP contribution is 2.25. The van der Waals surface area contributed by atoms with Crippen molar-refractivity contribution in [1.82, 2.24) is 4.90 Å². The lowest BCUT2D eigenvalue weighted by molar-refractivity contribution is -0.122. The number of hydrogen-bond acceptors (Lipinski definition) is 4. The molecule has 1 aliphatic rings. The number of fused-ring (bicyclic) bond motifs is 1. The molecule has 144 valence electrons. The number of carbonyl (C=O) groups is 1. The van der Waals surface area contributed by atoms with Crippen LogP contribution in [0.4, 0.5) is 5.69 Å². The van der Waals surface area contributed by atoms with Gasteiger partial charge in [0.1, 0.15) is 5.58 Å². The molecule has 0 N–H and O–H groups in total. The van der Waals surface area contributed by atoms with Gasteiger partial charge in [0.25, 0.3) is 0 Å². The summed E-state index contributed by atoms with van der Waals surface area (Å²) in [6.07, 6.45) is 1.49. The highest BCUT2D eigenvalue weighted by atomic mass is 35.5. The minimum atomic E-state index is -0.106. The third kappa shape index (κ3) is 3.43. The van der Waals surface area contributed by atoms with Crippen molar-refractivity contribution >= 4 is 34.2 Å². The Hall–Kier alpha value is -2.63. The van der Waals surface area contributed by atoms with Gasteiger partial charge in [-0.25, -0.2) is 0 Å².